The van der Waals surface area contributed by atoms with Gasteiger partial charge >= 0.3 is 11.5 Å². The Morgan fingerprint density at radius 1 is 1.47 bits per heavy atom. The van der Waals surface area contributed by atoms with E-state index in [1.54, 1.807) is 13.0 Å². The summed E-state index contributed by atoms with van der Waals surface area (Å²) in [5, 5.41) is 9.02. The zero-order valence-electron chi connectivity index (χ0n) is 10.2. The summed E-state index contributed by atoms with van der Waals surface area (Å²) in [6.07, 6.45) is 0.328. The normalized spacial score (nSPS) is 10.9. The molecule has 0 fully saturated rings. The Hall–Kier alpha value is -1.68. The molecule has 1 aromatic rings. The summed E-state index contributed by atoms with van der Waals surface area (Å²) in [4.78, 5) is 11.2. The van der Waals surface area contributed by atoms with E-state index in [-0.39, 0.29) is 27.8 Å². The van der Waals surface area contributed by atoms with Crippen molar-refractivity contribution in [2.24, 2.45) is 0 Å². The predicted octanol–water partition coefficient (Wildman–Crippen LogP) is 3.52. The van der Waals surface area contributed by atoms with Crippen molar-refractivity contribution in [3.63, 3.8) is 0 Å². The number of carbonyl (C=O) groups is 1. The molecule has 0 unspecified atom stereocenters. The van der Waals surface area contributed by atoms with E-state index in [1.165, 1.54) is 12.1 Å². The molecule has 0 N–H and O–H groups in total. The van der Waals surface area contributed by atoms with Crippen LogP contribution in [0.25, 0.3) is 0 Å². The molecule has 19 heavy (non-hydrogen) atoms. The maximum atomic E-state index is 12.5. The maximum absolute atomic E-state index is 12.5. The van der Waals surface area contributed by atoms with Crippen LogP contribution < -0.4 is 0 Å². The average Bonchev–Trinajstić information content (AvgIpc) is 2.35. The lowest BCUT2D eigenvalue weighted by Gasteiger charge is -2.13. The highest BCUT2D eigenvalue weighted by Gasteiger charge is 2.33. The number of halogens is 3. The number of hydrogen-bond acceptors (Lipinski definition) is 4. The molecule has 0 amide bonds. The summed E-state index contributed by atoms with van der Waals surface area (Å²) in [5.41, 5.74) is -4.61. The van der Waals surface area contributed by atoms with Gasteiger partial charge in [-0.2, -0.15) is 18.4 Å². The minimum Gasteiger partial charge on any atom is -0.465 e. The third-order valence-electron chi connectivity index (χ3n) is 2.36. The molecule has 0 aromatic heterocycles. The number of esters is 1. The number of hydrogen-bond donors (Lipinski definition) is 0. The molecule has 0 atom stereocenters. The monoisotopic (exact) mass is 289 g/mol. The lowest BCUT2D eigenvalue weighted by molar-refractivity contribution is -0.0328. The van der Waals surface area contributed by atoms with Crippen molar-refractivity contribution in [1.29, 1.82) is 5.26 Å². The van der Waals surface area contributed by atoms with E-state index in [4.69, 9.17) is 5.26 Å². The lowest BCUT2D eigenvalue weighted by atomic mass is 10.0. The van der Waals surface area contributed by atoms with Gasteiger partial charge in [0.15, 0.2) is 0 Å². The lowest BCUT2D eigenvalue weighted by Crippen LogP contribution is -2.09. The van der Waals surface area contributed by atoms with Crippen LogP contribution in [0.1, 0.15) is 28.4 Å². The van der Waals surface area contributed by atoms with Crippen LogP contribution in [-0.2, 0) is 11.2 Å². The maximum Gasteiger partial charge on any atom is 0.446 e. The van der Waals surface area contributed by atoms with Gasteiger partial charge in [0.25, 0.3) is 0 Å². The number of ether oxygens (including phenoxy) is 1. The number of nitrogens with zero attached hydrogens (tertiary/aromatic N) is 1. The van der Waals surface area contributed by atoms with E-state index in [9.17, 15) is 18.0 Å². The number of methoxy groups -OCH3 is 1. The van der Waals surface area contributed by atoms with Gasteiger partial charge in [0.2, 0.25) is 0 Å². The first-order chi connectivity index (χ1) is 8.84. The van der Waals surface area contributed by atoms with E-state index < -0.39 is 11.5 Å². The molecule has 1 rings (SSSR count). The van der Waals surface area contributed by atoms with Gasteiger partial charge in [-0.15, -0.1) is 0 Å². The number of aryl methyl sites for hydroxylation is 1. The minimum atomic E-state index is -4.52. The molecule has 0 aliphatic heterocycles. The van der Waals surface area contributed by atoms with Crippen LogP contribution in [0.5, 0.6) is 0 Å². The van der Waals surface area contributed by atoms with Crippen LogP contribution in [0.3, 0.4) is 0 Å². The second kappa shape index (κ2) is 5.97. The molecule has 1 aromatic carbocycles. The van der Waals surface area contributed by atoms with E-state index in [1.807, 2.05) is 0 Å². The number of benzene rings is 1. The smallest absolute Gasteiger partial charge is 0.446 e. The first-order valence-corrected chi connectivity index (χ1v) is 6.05. The minimum absolute atomic E-state index is 0.158. The highest BCUT2D eigenvalue weighted by Crippen LogP contribution is 2.41. The third-order valence-corrected chi connectivity index (χ3v) is 3.26. The second-order valence-corrected chi connectivity index (χ2v) is 4.56. The number of carbonyl (C=O) groups excluding carboxylic acids is 1. The Morgan fingerprint density at radius 2 is 2.11 bits per heavy atom. The zero-order chi connectivity index (χ0) is 14.6. The van der Waals surface area contributed by atoms with Crippen molar-refractivity contribution >= 4 is 17.7 Å². The molecule has 0 aliphatic rings. The molecule has 0 heterocycles. The molecule has 0 bridgehead atoms. The molecule has 0 saturated heterocycles. The van der Waals surface area contributed by atoms with Crippen molar-refractivity contribution in [2.75, 3.05) is 7.11 Å². The van der Waals surface area contributed by atoms with Gasteiger partial charge < -0.3 is 4.74 Å². The standard InChI is InChI=1S/C12H10F3NO2S/c1-3-7-4-5-8(11(17)18-2)9(6-16)10(7)19-12(13,14)15/h4-5H,3H2,1-2H3. The SMILES string of the molecule is CCc1ccc(C(=O)OC)c(C#N)c1SC(F)(F)F. The van der Waals surface area contributed by atoms with Gasteiger partial charge in [-0.3, -0.25) is 0 Å². The third kappa shape index (κ3) is 3.64. The van der Waals surface area contributed by atoms with Gasteiger partial charge in [0, 0.05) is 4.90 Å². The van der Waals surface area contributed by atoms with Crippen LogP contribution >= 0.6 is 11.8 Å². The Morgan fingerprint density at radius 3 is 2.53 bits per heavy atom. The van der Waals surface area contributed by atoms with Gasteiger partial charge in [0.05, 0.1) is 18.2 Å². The van der Waals surface area contributed by atoms with E-state index in [0.29, 0.717) is 12.0 Å². The van der Waals surface area contributed by atoms with E-state index in [2.05, 4.69) is 4.74 Å². The van der Waals surface area contributed by atoms with Crippen LogP contribution in [0.4, 0.5) is 13.2 Å². The molecule has 0 spiro atoms. The molecule has 0 radical (unpaired) electrons. The Balaban J connectivity index is 3.47. The zero-order valence-corrected chi connectivity index (χ0v) is 11.0. The fraction of sp³-hybridized carbons (Fsp3) is 0.333. The van der Waals surface area contributed by atoms with Crippen molar-refractivity contribution < 1.29 is 22.7 Å². The molecule has 0 aliphatic carbocycles. The first-order valence-electron chi connectivity index (χ1n) is 5.24. The van der Waals surface area contributed by atoms with Gasteiger partial charge in [-0.1, -0.05) is 13.0 Å². The summed E-state index contributed by atoms with van der Waals surface area (Å²) in [5.74, 6) is -0.830. The highest BCUT2D eigenvalue weighted by molar-refractivity contribution is 8.00. The van der Waals surface area contributed by atoms with Crippen LogP contribution in [0.2, 0.25) is 0 Å². The summed E-state index contributed by atoms with van der Waals surface area (Å²) < 4.78 is 42.0. The Kier molecular flexibility index (Phi) is 4.84. The quantitative estimate of drug-likeness (QED) is 0.631. The van der Waals surface area contributed by atoms with Gasteiger partial charge in [-0.05, 0) is 29.8 Å². The Labute approximate surface area is 112 Å². The van der Waals surface area contributed by atoms with Crippen molar-refractivity contribution in [3.05, 3.63) is 28.8 Å². The topological polar surface area (TPSA) is 50.1 Å². The average molecular weight is 289 g/mol. The molecular formula is C12H10F3NO2S. The van der Waals surface area contributed by atoms with E-state index in [0.717, 1.165) is 7.11 Å². The molecule has 3 nitrogen and oxygen atoms in total. The fourth-order valence-corrected chi connectivity index (χ4v) is 2.36. The van der Waals surface area contributed by atoms with Gasteiger partial charge in [-0.25, -0.2) is 4.79 Å². The Bertz CT molecular complexity index is 535. The van der Waals surface area contributed by atoms with Crippen molar-refractivity contribution in [3.8, 4) is 6.07 Å². The van der Waals surface area contributed by atoms with Crippen LogP contribution in [0.15, 0.2) is 17.0 Å². The van der Waals surface area contributed by atoms with Crippen LogP contribution in [0, 0.1) is 11.3 Å². The molecule has 102 valence electrons. The molecule has 0 saturated carbocycles. The summed E-state index contributed by atoms with van der Waals surface area (Å²) >= 11 is -0.385. The van der Waals surface area contributed by atoms with Crippen LogP contribution in [-0.4, -0.2) is 18.6 Å². The fourth-order valence-electron chi connectivity index (χ4n) is 1.53. The largest absolute Gasteiger partial charge is 0.465 e. The molecule has 7 heteroatoms. The number of alkyl halides is 3. The molecular weight excluding hydrogens is 279 g/mol. The number of thioether (sulfide) groups is 1. The summed E-state index contributed by atoms with van der Waals surface area (Å²) in [7, 11) is 1.10. The number of rotatable bonds is 3. The van der Waals surface area contributed by atoms with E-state index >= 15 is 0 Å². The first kappa shape index (κ1) is 15.4. The predicted molar refractivity (Wildman–Crippen MR) is 63.8 cm³/mol. The van der Waals surface area contributed by atoms with Crippen molar-refractivity contribution in [1.82, 2.24) is 0 Å². The summed E-state index contributed by atoms with van der Waals surface area (Å²) in [6.45, 7) is 1.68. The summed E-state index contributed by atoms with van der Waals surface area (Å²) in [6, 6.07) is 4.37. The van der Waals surface area contributed by atoms with Crippen molar-refractivity contribution in [2.45, 2.75) is 23.7 Å². The second-order valence-electron chi connectivity index (χ2n) is 3.48. The highest BCUT2D eigenvalue weighted by atomic mass is 32.2. The van der Waals surface area contributed by atoms with Gasteiger partial charge in [0.1, 0.15) is 6.07 Å². The number of nitriles is 1.